The van der Waals surface area contributed by atoms with E-state index in [0.29, 0.717) is 11.6 Å². The van der Waals surface area contributed by atoms with Crippen LogP contribution in [0.1, 0.15) is 64.2 Å². The van der Waals surface area contributed by atoms with Gasteiger partial charge in [0.2, 0.25) is 0 Å². The summed E-state index contributed by atoms with van der Waals surface area (Å²) in [5.41, 5.74) is 9.65. The van der Waals surface area contributed by atoms with Crippen LogP contribution in [0.25, 0.3) is 6.08 Å². The van der Waals surface area contributed by atoms with Crippen LogP contribution in [0.5, 0.6) is 0 Å². The highest BCUT2D eigenvalue weighted by Gasteiger charge is 2.52. The van der Waals surface area contributed by atoms with E-state index in [0.717, 1.165) is 16.6 Å². The topological polar surface area (TPSA) is 82.8 Å². The fourth-order valence-electron chi connectivity index (χ4n) is 3.42. The molecule has 1 heterocycles. The van der Waals surface area contributed by atoms with E-state index in [9.17, 15) is 4.79 Å². The summed E-state index contributed by atoms with van der Waals surface area (Å²) in [5.74, 6) is 0.365. The second-order valence-corrected chi connectivity index (χ2v) is 9.77. The Morgan fingerprint density at radius 2 is 1.73 bits per heavy atom. The summed E-state index contributed by atoms with van der Waals surface area (Å²) in [5, 5.41) is 2.83. The van der Waals surface area contributed by atoms with E-state index >= 15 is 0 Å². The Kier molecular flexibility index (Phi) is 7.55. The minimum Gasteiger partial charge on any atom is -0.445 e. The first-order valence-corrected chi connectivity index (χ1v) is 11.4. The molecule has 0 aliphatic carbocycles. The zero-order valence-corrected chi connectivity index (χ0v) is 20.5. The second kappa shape index (κ2) is 10.0. The fourth-order valence-corrected chi connectivity index (χ4v) is 3.42. The van der Waals surface area contributed by atoms with Crippen LogP contribution in [0.2, 0.25) is 0 Å². The zero-order valence-electron chi connectivity index (χ0n) is 20.5. The number of rotatable bonds is 7. The van der Waals surface area contributed by atoms with Crippen molar-refractivity contribution in [3.05, 3.63) is 70.7 Å². The van der Waals surface area contributed by atoms with Gasteiger partial charge in [-0.05, 0) is 67.9 Å². The molecular formula is C26H35BN2O4. The number of amides is 1. The Hall–Kier alpha value is -2.77. The lowest BCUT2D eigenvalue weighted by atomic mass is 9.76. The average molecular weight is 450 g/mol. The first-order chi connectivity index (χ1) is 15.5. The van der Waals surface area contributed by atoms with Crippen LogP contribution in [0, 0.1) is 0 Å². The van der Waals surface area contributed by atoms with Crippen LogP contribution in [-0.4, -0.2) is 31.0 Å². The molecule has 0 atom stereocenters. The van der Waals surface area contributed by atoms with Gasteiger partial charge in [-0.1, -0.05) is 56.3 Å². The number of nitrogens with one attached hydrogen (secondary N) is 1. The third-order valence-corrected chi connectivity index (χ3v) is 6.32. The van der Waals surface area contributed by atoms with E-state index in [-0.39, 0.29) is 13.2 Å². The van der Waals surface area contributed by atoms with Crippen LogP contribution >= 0.6 is 0 Å². The highest BCUT2D eigenvalue weighted by Crippen LogP contribution is 2.39. The van der Waals surface area contributed by atoms with E-state index < -0.39 is 24.4 Å². The Labute approximate surface area is 197 Å². The molecule has 33 heavy (non-hydrogen) atoms. The largest absolute Gasteiger partial charge is 0.492 e. The summed E-state index contributed by atoms with van der Waals surface area (Å²) >= 11 is 0. The minimum absolute atomic E-state index is 0.200. The van der Waals surface area contributed by atoms with Crippen molar-refractivity contribution in [1.29, 1.82) is 0 Å². The number of hydrogen-bond acceptors (Lipinski definition) is 5. The van der Waals surface area contributed by atoms with E-state index in [1.807, 2.05) is 76.2 Å². The molecule has 0 radical (unpaired) electrons. The van der Waals surface area contributed by atoms with Crippen molar-refractivity contribution >= 4 is 25.0 Å². The quantitative estimate of drug-likeness (QED) is 0.440. The van der Waals surface area contributed by atoms with Gasteiger partial charge in [0, 0.05) is 12.2 Å². The molecule has 0 spiro atoms. The van der Waals surface area contributed by atoms with Gasteiger partial charge in [0.1, 0.15) is 6.61 Å². The van der Waals surface area contributed by atoms with Gasteiger partial charge in [-0.15, -0.1) is 0 Å². The van der Waals surface area contributed by atoms with Crippen LogP contribution in [0.15, 0.2) is 54.0 Å². The van der Waals surface area contributed by atoms with Gasteiger partial charge in [0.05, 0.1) is 11.2 Å². The van der Waals surface area contributed by atoms with Crippen molar-refractivity contribution in [3.63, 3.8) is 0 Å². The number of hydrogen-bond donors (Lipinski definition) is 2. The normalized spacial score (nSPS) is 17.3. The molecule has 6 nitrogen and oxygen atoms in total. The number of alkyl carbamates (subject to hydrolysis) is 1. The van der Waals surface area contributed by atoms with Crippen molar-refractivity contribution in [2.45, 2.75) is 65.3 Å². The number of nitrogens with two attached hydrogens (primary N) is 1. The van der Waals surface area contributed by atoms with Crippen molar-refractivity contribution in [3.8, 4) is 0 Å². The van der Waals surface area contributed by atoms with E-state index in [1.54, 1.807) is 0 Å². The van der Waals surface area contributed by atoms with E-state index in [4.69, 9.17) is 19.8 Å². The van der Waals surface area contributed by atoms with Crippen molar-refractivity contribution in [2.24, 2.45) is 0 Å². The average Bonchev–Trinajstić information content (AvgIpc) is 2.98. The molecule has 1 aliphatic heterocycles. The molecule has 0 bridgehead atoms. The Morgan fingerprint density at radius 3 is 2.33 bits per heavy atom. The lowest BCUT2D eigenvalue weighted by molar-refractivity contribution is 0.00578. The molecule has 2 aromatic carbocycles. The molecule has 0 aromatic heterocycles. The Bertz CT molecular complexity index is 987. The standard InChI is InChI=1S/C26H35BN2O4/c1-18(2)20-12-13-23(28)21(14-20)15-22(27-32-25(3,4)26(5,6)33-27)16-29-24(30)31-17-19-10-8-7-9-11-19/h7-15,18H,16-17,28H2,1-6H3,(H,29,30). The zero-order chi connectivity index (χ0) is 24.2. The van der Waals surface area contributed by atoms with E-state index in [1.165, 1.54) is 5.56 Å². The lowest BCUT2D eigenvalue weighted by Crippen LogP contribution is -2.41. The maximum absolute atomic E-state index is 12.4. The molecule has 1 saturated heterocycles. The van der Waals surface area contributed by atoms with E-state index in [2.05, 4.69) is 25.2 Å². The van der Waals surface area contributed by atoms with Gasteiger partial charge in [-0.2, -0.15) is 0 Å². The summed E-state index contributed by atoms with van der Waals surface area (Å²) < 4.78 is 17.9. The number of carbonyl (C=O) groups is 1. The molecule has 0 saturated carbocycles. The van der Waals surface area contributed by atoms with Gasteiger partial charge >= 0.3 is 13.2 Å². The summed E-state index contributed by atoms with van der Waals surface area (Å²) in [7, 11) is -0.619. The number of benzene rings is 2. The molecule has 1 fully saturated rings. The summed E-state index contributed by atoms with van der Waals surface area (Å²) in [6, 6.07) is 15.6. The van der Waals surface area contributed by atoms with Crippen molar-refractivity contribution in [2.75, 3.05) is 12.3 Å². The van der Waals surface area contributed by atoms with Gasteiger partial charge < -0.3 is 25.1 Å². The second-order valence-electron chi connectivity index (χ2n) is 9.77. The Morgan fingerprint density at radius 1 is 1.09 bits per heavy atom. The molecule has 1 amide bonds. The van der Waals surface area contributed by atoms with Gasteiger partial charge in [-0.3, -0.25) is 0 Å². The molecule has 7 heteroatoms. The third-order valence-electron chi connectivity index (χ3n) is 6.32. The predicted octanol–water partition coefficient (Wildman–Crippen LogP) is 5.33. The van der Waals surface area contributed by atoms with Crippen LogP contribution in [0.3, 0.4) is 0 Å². The maximum atomic E-state index is 12.4. The van der Waals surface area contributed by atoms with Crippen LogP contribution in [-0.2, 0) is 20.7 Å². The van der Waals surface area contributed by atoms with Crippen molar-refractivity contribution < 1.29 is 18.8 Å². The lowest BCUT2D eigenvalue weighted by Gasteiger charge is -2.32. The van der Waals surface area contributed by atoms with Gasteiger partial charge in [0.15, 0.2) is 0 Å². The molecule has 1 aliphatic rings. The van der Waals surface area contributed by atoms with Crippen LogP contribution < -0.4 is 11.1 Å². The monoisotopic (exact) mass is 450 g/mol. The Balaban J connectivity index is 1.80. The molecule has 3 N–H and O–H groups in total. The number of carbonyl (C=O) groups excluding carboxylic acids is 1. The number of anilines is 1. The first-order valence-electron chi connectivity index (χ1n) is 11.4. The summed E-state index contributed by atoms with van der Waals surface area (Å²) in [6.45, 7) is 12.7. The third kappa shape index (κ3) is 6.18. The highest BCUT2D eigenvalue weighted by molar-refractivity contribution is 6.56. The highest BCUT2D eigenvalue weighted by atomic mass is 16.7. The van der Waals surface area contributed by atoms with Crippen molar-refractivity contribution in [1.82, 2.24) is 5.32 Å². The number of nitrogen functional groups attached to an aromatic ring is 1. The number of ether oxygens (including phenoxy) is 1. The summed E-state index contributed by atoms with van der Waals surface area (Å²) in [4.78, 5) is 12.4. The first kappa shape index (κ1) is 24.9. The summed E-state index contributed by atoms with van der Waals surface area (Å²) in [6.07, 6.45) is 1.44. The smallest absolute Gasteiger partial charge is 0.445 e. The fraction of sp³-hybridized carbons (Fsp3) is 0.423. The van der Waals surface area contributed by atoms with Gasteiger partial charge in [0.25, 0.3) is 0 Å². The predicted molar refractivity (Wildman–Crippen MR) is 134 cm³/mol. The molecule has 3 rings (SSSR count). The molecular weight excluding hydrogens is 415 g/mol. The molecule has 0 unspecified atom stereocenters. The maximum Gasteiger partial charge on any atom is 0.492 e. The van der Waals surface area contributed by atoms with Crippen LogP contribution in [0.4, 0.5) is 10.5 Å². The van der Waals surface area contributed by atoms with Gasteiger partial charge in [-0.25, -0.2) is 4.79 Å². The SMILES string of the molecule is CC(C)c1ccc(N)c(C=C(CNC(=O)OCc2ccccc2)B2OC(C)(C)C(C)(C)O2)c1. The molecule has 2 aromatic rings. The molecule has 176 valence electrons. The minimum atomic E-state index is -0.619.